The van der Waals surface area contributed by atoms with Crippen LogP contribution < -0.4 is 5.32 Å². The van der Waals surface area contributed by atoms with Crippen LogP contribution in [-0.2, 0) is 0 Å². The van der Waals surface area contributed by atoms with Crippen molar-refractivity contribution in [2.75, 3.05) is 25.0 Å². The van der Waals surface area contributed by atoms with Crippen LogP contribution in [0.25, 0.3) is 0 Å². The summed E-state index contributed by atoms with van der Waals surface area (Å²) in [7, 11) is 0. The number of hydrogen-bond donors (Lipinski definition) is 1. The first-order chi connectivity index (χ1) is 7.79. The average Bonchev–Trinajstić information content (AvgIpc) is 2.33. The summed E-state index contributed by atoms with van der Waals surface area (Å²) >= 11 is 2.40. The number of rotatable bonds is 3. The lowest BCUT2D eigenvalue weighted by Crippen LogP contribution is -2.38. The molecule has 0 spiro atoms. The largest absolute Gasteiger partial charge is 0.381 e. The van der Waals surface area contributed by atoms with Crippen molar-refractivity contribution < 1.29 is 0 Å². The molecular formula is C13H19IN2. The molecule has 16 heavy (non-hydrogen) atoms. The summed E-state index contributed by atoms with van der Waals surface area (Å²) in [6.07, 6.45) is 2.53. The molecule has 0 amide bonds. The van der Waals surface area contributed by atoms with Gasteiger partial charge in [0.25, 0.3) is 0 Å². The van der Waals surface area contributed by atoms with E-state index in [9.17, 15) is 0 Å². The summed E-state index contributed by atoms with van der Waals surface area (Å²) in [6.45, 7) is 5.90. The smallest absolute Gasteiger partial charge is 0.0478 e. The van der Waals surface area contributed by atoms with Crippen molar-refractivity contribution in [3.05, 3.63) is 27.8 Å². The van der Waals surface area contributed by atoms with Gasteiger partial charge < -0.3 is 10.2 Å². The molecule has 88 valence electrons. The topological polar surface area (TPSA) is 15.3 Å². The highest BCUT2D eigenvalue weighted by Crippen LogP contribution is 2.21. The molecule has 2 rings (SSSR count). The van der Waals surface area contributed by atoms with Crippen LogP contribution in [0.3, 0.4) is 0 Å². The summed E-state index contributed by atoms with van der Waals surface area (Å²) in [4.78, 5) is 2.52. The molecule has 1 saturated heterocycles. The lowest BCUT2D eigenvalue weighted by atomic mass is 10.0. The van der Waals surface area contributed by atoms with Crippen molar-refractivity contribution >= 4 is 28.3 Å². The highest BCUT2D eigenvalue weighted by atomic mass is 127. The predicted octanol–water partition coefficient (Wildman–Crippen LogP) is 3.19. The normalized spacial score (nSPS) is 18.6. The molecule has 1 heterocycles. The van der Waals surface area contributed by atoms with E-state index in [4.69, 9.17) is 0 Å². The standard InChI is InChI=1S/C13H19IN2/c1-2-16-9-7-11(8-10-16)15-13-6-4-3-5-12(13)14/h3-6,11,15H,2,7-10H2,1H3. The maximum atomic E-state index is 3.66. The van der Waals surface area contributed by atoms with Gasteiger partial charge in [0.1, 0.15) is 0 Å². The van der Waals surface area contributed by atoms with Gasteiger partial charge in [0.15, 0.2) is 0 Å². The minimum absolute atomic E-state index is 0.652. The van der Waals surface area contributed by atoms with Crippen LogP contribution in [-0.4, -0.2) is 30.6 Å². The fourth-order valence-electron chi connectivity index (χ4n) is 2.19. The Kier molecular flexibility index (Phi) is 4.46. The van der Waals surface area contributed by atoms with Crippen molar-refractivity contribution in [1.82, 2.24) is 4.90 Å². The lowest BCUT2D eigenvalue weighted by Gasteiger charge is -2.32. The van der Waals surface area contributed by atoms with E-state index in [0.717, 1.165) is 0 Å². The third-order valence-corrected chi connectivity index (χ3v) is 4.21. The number of likely N-dealkylation sites (tertiary alicyclic amines) is 1. The number of piperidine rings is 1. The molecule has 3 heteroatoms. The summed E-state index contributed by atoms with van der Waals surface area (Å²) in [5.74, 6) is 0. The summed E-state index contributed by atoms with van der Waals surface area (Å²) in [5.41, 5.74) is 1.29. The Balaban J connectivity index is 1.89. The molecule has 0 aliphatic carbocycles. The molecule has 1 aliphatic rings. The SMILES string of the molecule is CCN1CCC(Nc2ccccc2I)CC1. The Labute approximate surface area is 112 Å². The molecule has 0 atom stereocenters. The number of para-hydroxylation sites is 1. The Morgan fingerprint density at radius 1 is 1.31 bits per heavy atom. The molecule has 2 nitrogen and oxygen atoms in total. The molecular weight excluding hydrogens is 311 g/mol. The molecule has 0 saturated carbocycles. The van der Waals surface area contributed by atoms with Gasteiger partial charge in [0, 0.05) is 28.4 Å². The van der Waals surface area contributed by atoms with Crippen LogP contribution in [0.5, 0.6) is 0 Å². The number of benzene rings is 1. The van der Waals surface area contributed by atoms with Gasteiger partial charge in [-0.1, -0.05) is 19.1 Å². The zero-order chi connectivity index (χ0) is 11.4. The van der Waals surface area contributed by atoms with E-state index in [1.54, 1.807) is 0 Å². The van der Waals surface area contributed by atoms with Crippen molar-refractivity contribution in [2.24, 2.45) is 0 Å². The van der Waals surface area contributed by atoms with E-state index in [1.165, 1.54) is 41.7 Å². The second-order valence-electron chi connectivity index (χ2n) is 4.33. The van der Waals surface area contributed by atoms with E-state index in [0.29, 0.717) is 6.04 Å². The zero-order valence-corrected chi connectivity index (χ0v) is 11.9. The molecule has 0 aromatic heterocycles. The minimum atomic E-state index is 0.652. The van der Waals surface area contributed by atoms with E-state index in [1.807, 2.05) is 0 Å². The van der Waals surface area contributed by atoms with Gasteiger partial charge in [0.05, 0.1) is 0 Å². The van der Waals surface area contributed by atoms with Gasteiger partial charge >= 0.3 is 0 Å². The number of hydrogen-bond acceptors (Lipinski definition) is 2. The average molecular weight is 330 g/mol. The molecule has 1 aromatic carbocycles. The highest BCUT2D eigenvalue weighted by molar-refractivity contribution is 14.1. The number of nitrogens with zero attached hydrogens (tertiary/aromatic N) is 1. The van der Waals surface area contributed by atoms with Gasteiger partial charge in [-0.25, -0.2) is 0 Å². The first kappa shape index (κ1) is 12.2. The number of halogens is 1. The third-order valence-electron chi connectivity index (χ3n) is 3.27. The van der Waals surface area contributed by atoms with Crippen molar-refractivity contribution in [3.8, 4) is 0 Å². The van der Waals surface area contributed by atoms with Gasteiger partial charge in [-0.05, 0) is 54.1 Å². The van der Waals surface area contributed by atoms with Crippen molar-refractivity contribution in [3.63, 3.8) is 0 Å². The van der Waals surface area contributed by atoms with Crippen molar-refractivity contribution in [2.45, 2.75) is 25.8 Å². The van der Waals surface area contributed by atoms with E-state index in [-0.39, 0.29) is 0 Å². The minimum Gasteiger partial charge on any atom is -0.381 e. The Bertz CT molecular complexity index is 332. The fourth-order valence-corrected chi connectivity index (χ4v) is 2.73. The van der Waals surface area contributed by atoms with Gasteiger partial charge in [-0.15, -0.1) is 0 Å². The van der Waals surface area contributed by atoms with E-state index in [2.05, 4.69) is 64.0 Å². The van der Waals surface area contributed by atoms with Crippen LogP contribution in [0.4, 0.5) is 5.69 Å². The zero-order valence-electron chi connectivity index (χ0n) is 9.75. The predicted molar refractivity (Wildman–Crippen MR) is 77.9 cm³/mol. The summed E-state index contributed by atoms with van der Waals surface area (Å²) < 4.78 is 1.32. The summed E-state index contributed by atoms with van der Waals surface area (Å²) in [5, 5.41) is 3.66. The van der Waals surface area contributed by atoms with Crippen LogP contribution in [0.15, 0.2) is 24.3 Å². The van der Waals surface area contributed by atoms with Crippen LogP contribution >= 0.6 is 22.6 Å². The molecule has 1 N–H and O–H groups in total. The molecule has 1 aromatic rings. The second kappa shape index (κ2) is 5.87. The Hall–Kier alpha value is -0.290. The first-order valence-corrected chi connectivity index (χ1v) is 7.11. The quantitative estimate of drug-likeness (QED) is 0.857. The number of nitrogens with one attached hydrogen (secondary N) is 1. The van der Waals surface area contributed by atoms with Crippen LogP contribution in [0.1, 0.15) is 19.8 Å². The third kappa shape index (κ3) is 3.10. The Morgan fingerprint density at radius 3 is 2.62 bits per heavy atom. The van der Waals surface area contributed by atoms with Gasteiger partial charge in [-0.2, -0.15) is 0 Å². The fraction of sp³-hybridized carbons (Fsp3) is 0.538. The highest BCUT2D eigenvalue weighted by Gasteiger charge is 2.17. The molecule has 0 bridgehead atoms. The molecule has 0 radical (unpaired) electrons. The van der Waals surface area contributed by atoms with E-state index < -0.39 is 0 Å². The Morgan fingerprint density at radius 2 is 2.00 bits per heavy atom. The first-order valence-electron chi connectivity index (χ1n) is 6.03. The van der Waals surface area contributed by atoms with Crippen LogP contribution in [0.2, 0.25) is 0 Å². The summed E-state index contributed by atoms with van der Waals surface area (Å²) in [6, 6.07) is 9.18. The number of anilines is 1. The molecule has 1 aliphatic heterocycles. The monoisotopic (exact) mass is 330 g/mol. The molecule has 1 fully saturated rings. The van der Waals surface area contributed by atoms with Crippen LogP contribution in [0, 0.1) is 3.57 Å². The maximum absolute atomic E-state index is 3.66. The van der Waals surface area contributed by atoms with Gasteiger partial charge in [0.2, 0.25) is 0 Å². The second-order valence-corrected chi connectivity index (χ2v) is 5.49. The molecule has 0 unspecified atom stereocenters. The maximum Gasteiger partial charge on any atom is 0.0478 e. The van der Waals surface area contributed by atoms with E-state index >= 15 is 0 Å². The van der Waals surface area contributed by atoms with Crippen molar-refractivity contribution in [1.29, 1.82) is 0 Å². The van der Waals surface area contributed by atoms with Gasteiger partial charge in [-0.3, -0.25) is 0 Å². The lowest BCUT2D eigenvalue weighted by molar-refractivity contribution is 0.229.